The summed E-state index contributed by atoms with van der Waals surface area (Å²) in [5.41, 5.74) is 2.38. The molecule has 0 spiro atoms. The van der Waals surface area contributed by atoms with Crippen LogP contribution in [-0.4, -0.2) is 57.8 Å². The number of hydrogen-bond donors (Lipinski definition) is 1. The van der Waals surface area contributed by atoms with Gasteiger partial charge in [-0.05, 0) is 29.8 Å². The van der Waals surface area contributed by atoms with Gasteiger partial charge in [-0.1, -0.05) is 12.1 Å². The summed E-state index contributed by atoms with van der Waals surface area (Å²) in [5.74, 6) is 0.892. The lowest BCUT2D eigenvalue weighted by Gasteiger charge is -2.35. The summed E-state index contributed by atoms with van der Waals surface area (Å²) in [7, 11) is 4.07. The van der Waals surface area contributed by atoms with Gasteiger partial charge in [-0.3, -0.25) is 9.69 Å². The van der Waals surface area contributed by atoms with Gasteiger partial charge in [-0.2, -0.15) is 0 Å². The van der Waals surface area contributed by atoms with Gasteiger partial charge in [0.05, 0.1) is 25.5 Å². The van der Waals surface area contributed by atoms with E-state index < -0.39 is 0 Å². The fourth-order valence-corrected chi connectivity index (χ4v) is 3.33. The molecule has 1 unspecified atom stereocenters. The molecule has 1 N–H and O–H groups in total. The maximum atomic E-state index is 12.3. The minimum Gasteiger partial charge on any atom is -0.469 e. The lowest BCUT2D eigenvalue weighted by Crippen LogP contribution is -2.43. The number of amides is 1. The first-order chi connectivity index (χ1) is 13.1. The standard InChI is InChI=1S/C21H29N3O3/c1-23(2)18-7-5-17(6-8-18)20(24-11-14-26-15-12-24)16-22-21(25)10-9-19-4-3-13-27-19/h3-8,13,20H,9-12,14-16H2,1-2H3,(H,22,25). The number of rotatable bonds is 8. The highest BCUT2D eigenvalue weighted by atomic mass is 16.5. The van der Waals surface area contributed by atoms with Crippen LogP contribution in [0.25, 0.3) is 0 Å². The minimum absolute atomic E-state index is 0.0505. The van der Waals surface area contributed by atoms with Crippen molar-refractivity contribution in [1.82, 2.24) is 10.2 Å². The maximum absolute atomic E-state index is 12.3. The molecule has 1 aliphatic heterocycles. The Morgan fingerprint density at radius 3 is 2.56 bits per heavy atom. The van der Waals surface area contributed by atoms with E-state index in [2.05, 4.69) is 39.4 Å². The van der Waals surface area contributed by atoms with E-state index in [4.69, 9.17) is 9.15 Å². The topological polar surface area (TPSA) is 58.0 Å². The molecule has 27 heavy (non-hydrogen) atoms. The van der Waals surface area contributed by atoms with Crippen LogP contribution in [0.15, 0.2) is 47.1 Å². The molecule has 146 valence electrons. The van der Waals surface area contributed by atoms with Gasteiger partial charge >= 0.3 is 0 Å². The zero-order chi connectivity index (χ0) is 19.1. The van der Waals surface area contributed by atoms with Crippen molar-refractivity contribution in [1.29, 1.82) is 0 Å². The molecule has 1 saturated heterocycles. The molecule has 1 atom stereocenters. The van der Waals surface area contributed by atoms with Crippen LogP contribution in [0, 0.1) is 0 Å². The zero-order valence-electron chi connectivity index (χ0n) is 16.2. The molecule has 0 aliphatic carbocycles. The van der Waals surface area contributed by atoms with Crippen LogP contribution in [0.1, 0.15) is 23.8 Å². The maximum Gasteiger partial charge on any atom is 0.220 e. The molecule has 1 fully saturated rings. The highest BCUT2D eigenvalue weighted by Crippen LogP contribution is 2.24. The Bertz CT molecular complexity index is 692. The number of hydrogen-bond acceptors (Lipinski definition) is 5. The summed E-state index contributed by atoms with van der Waals surface area (Å²) >= 11 is 0. The monoisotopic (exact) mass is 371 g/mol. The number of carbonyl (C=O) groups is 1. The molecule has 0 bridgehead atoms. The van der Waals surface area contributed by atoms with Crippen molar-refractivity contribution in [3.8, 4) is 0 Å². The molecule has 6 nitrogen and oxygen atoms in total. The van der Waals surface area contributed by atoms with E-state index in [9.17, 15) is 4.79 Å². The molecular formula is C21H29N3O3. The third-order valence-corrected chi connectivity index (χ3v) is 4.95. The smallest absolute Gasteiger partial charge is 0.220 e. The fourth-order valence-electron chi connectivity index (χ4n) is 3.33. The van der Waals surface area contributed by atoms with Crippen LogP contribution >= 0.6 is 0 Å². The van der Waals surface area contributed by atoms with Crippen molar-refractivity contribution in [2.24, 2.45) is 0 Å². The van der Waals surface area contributed by atoms with E-state index in [-0.39, 0.29) is 11.9 Å². The van der Waals surface area contributed by atoms with Gasteiger partial charge in [0.1, 0.15) is 5.76 Å². The second-order valence-electron chi connectivity index (χ2n) is 7.03. The van der Waals surface area contributed by atoms with E-state index in [0.29, 0.717) is 19.4 Å². The van der Waals surface area contributed by atoms with Crippen LogP contribution in [0.3, 0.4) is 0 Å². The van der Waals surface area contributed by atoms with Crippen molar-refractivity contribution in [3.05, 3.63) is 54.0 Å². The molecule has 2 aromatic rings. The number of morpholine rings is 1. The average molecular weight is 371 g/mol. The van der Waals surface area contributed by atoms with Gasteiger partial charge in [0.2, 0.25) is 5.91 Å². The fraction of sp³-hybridized carbons (Fsp3) is 0.476. The lowest BCUT2D eigenvalue weighted by atomic mass is 10.0. The van der Waals surface area contributed by atoms with Gasteiger partial charge in [0, 0.05) is 52.3 Å². The largest absolute Gasteiger partial charge is 0.469 e. The van der Waals surface area contributed by atoms with Gasteiger partial charge in [0.15, 0.2) is 0 Å². The first-order valence-electron chi connectivity index (χ1n) is 9.51. The molecule has 1 aromatic heterocycles. The summed E-state index contributed by atoms with van der Waals surface area (Å²) < 4.78 is 10.8. The molecule has 0 saturated carbocycles. The Morgan fingerprint density at radius 2 is 1.93 bits per heavy atom. The average Bonchev–Trinajstić information content (AvgIpc) is 3.21. The highest BCUT2D eigenvalue weighted by molar-refractivity contribution is 5.76. The highest BCUT2D eigenvalue weighted by Gasteiger charge is 2.23. The third-order valence-electron chi connectivity index (χ3n) is 4.95. The van der Waals surface area contributed by atoms with Gasteiger partial charge < -0.3 is 19.4 Å². The molecule has 3 rings (SSSR count). The number of anilines is 1. The second-order valence-corrected chi connectivity index (χ2v) is 7.03. The number of furan rings is 1. The van der Waals surface area contributed by atoms with E-state index in [1.54, 1.807) is 6.26 Å². The molecule has 1 amide bonds. The van der Waals surface area contributed by atoms with Crippen molar-refractivity contribution in [3.63, 3.8) is 0 Å². The molecule has 6 heteroatoms. The number of benzene rings is 1. The predicted octanol–water partition coefficient (Wildman–Crippen LogP) is 2.47. The first kappa shape index (κ1) is 19.5. The number of ether oxygens (including phenoxy) is 1. The number of carbonyl (C=O) groups excluding carboxylic acids is 1. The Hall–Kier alpha value is -2.31. The molecule has 0 radical (unpaired) electrons. The minimum atomic E-state index is 0.0505. The third kappa shape index (κ3) is 5.58. The van der Waals surface area contributed by atoms with Crippen LogP contribution in [-0.2, 0) is 16.0 Å². The van der Waals surface area contributed by atoms with Gasteiger partial charge in [0.25, 0.3) is 0 Å². The Labute approximate surface area is 161 Å². The van der Waals surface area contributed by atoms with Crippen LogP contribution in [0.4, 0.5) is 5.69 Å². The van der Waals surface area contributed by atoms with Crippen molar-refractivity contribution < 1.29 is 13.9 Å². The molecule has 1 aliphatic rings. The van der Waals surface area contributed by atoms with Crippen LogP contribution < -0.4 is 10.2 Å². The summed E-state index contributed by atoms with van der Waals surface area (Å²) in [6.45, 7) is 3.82. The zero-order valence-corrected chi connectivity index (χ0v) is 16.2. The number of aryl methyl sites for hydroxylation is 1. The van der Waals surface area contributed by atoms with Crippen molar-refractivity contribution in [2.75, 3.05) is 51.8 Å². The molecule has 2 heterocycles. The number of nitrogens with one attached hydrogen (secondary N) is 1. The summed E-state index contributed by atoms with van der Waals surface area (Å²) in [5, 5.41) is 3.10. The predicted molar refractivity (Wildman–Crippen MR) is 106 cm³/mol. The van der Waals surface area contributed by atoms with Crippen molar-refractivity contribution >= 4 is 11.6 Å². The molecule has 1 aromatic carbocycles. The Morgan fingerprint density at radius 1 is 1.19 bits per heavy atom. The quantitative estimate of drug-likeness (QED) is 0.773. The Kier molecular flexibility index (Phi) is 6.90. The van der Waals surface area contributed by atoms with E-state index in [1.165, 1.54) is 11.3 Å². The molecular weight excluding hydrogens is 342 g/mol. The van der Waals surface area contributed by atoms with E-state index in [1.807, 2.05) is 26.2 Å². The summed E-state index contributed by atoms with van der Waals surface area (Å²) in [6.07, 6.45) is 2.70. The normalized spacial score (nSPS) is 16.1. The Balaban J connectivity index is 1.61. The van der Waals surface area contributed by atoms with Gasteiger partial charge in [-0.25, -0.2) is 0 Å². The summed E-state index contributed by atoms with van der Waals surface area (Å²) in [4.78, 5) is 16.8. The second kappa shape index (κ2) is 9.58. The number of nitrogens with zero attached hydrogens (tertiary/aromatic N) is 2. The SMILES string of the molecule is CN(C)c1ccc(C(CNC(=O)CCc2ccco2)N2CCOCC2)cc1. The van der Waals surface area contributed by atoms with E-state index >= 15 is 0 Å². The van der Waals surface area contributed by atoms with Crippen molar-refractivity contribution in [2.45, 2.75) is 18.9 Å². The summed E-state index contributed by atoms with van der Waals surface area (Å²) in [6, 6.07) is 12.5. The van der Waals surface area contributed by atoms with Gasteiger partial charge in [-0.15, -0.1) is 0 Å². The first-order valence-corrected chi connectivity index (χ1v) is 9.51. The lowest BCUT2D eigenvalue weighted by molar-refractivity contribution is -0.121. The van der Waals surface area contributed by atoms with Crippen LogP contribution in [0.5, 0.6) is 0 Å². The van der Waals surface area contributed by atoms with Crippen LogP contribution in [0.2, 0.25) is 0 Å². The van der Waals surface area contributed by atoms with E-state index in [0.717, 1.165) is 32.1 Å².